The minimum absolute atomic E-state index is 0.00347. The van der Waals surface area contributed by atoms with Crippen molar-refractivity contribution in [3.05, 3.63) is 0 Å². The second-order valence-corrected chi connectivity index (χ2v) is 2.52. The molecule has 0 bridgehead atoms. The lowest BCUT2D eigenvalue weighted by molar-refractivity contribution is 0.349. The molecule has 0 amide bonds. The van der Waals surface area contributed by atoms with Crippen molar-refractivity contribution in [2.45, 2.75) is 12.8 Å². The van der Waals surface area contributed by atoms with Crippen LogP contribution in [-0.4, -0.2) is 24.8 Å². The first-order chi connectivity index (χ1) is 4.93. The van der Waals surface area contributed by atoms with Gasteiger partial charge in [-0.2, -0.15) is 0 Å². The Labute approximate surface area is 61.6 Å². The monoisotopic (exact) mass is 139 g/mol. The minimum Gasteiger partial charge on any atom is -0.384 e. The van der Waals surface area contributed by atoms with E-state index in [1.165, 1.54) is 12.8 Å². The van der Waals surface area contributed by atoms with Gasteiger partial charge in [-0.1, -0.05) is 11.8 Å². The SMILES string of the molecule is OCC#CC1CCCNC1. The summed E-state index contributed by atoms with van der Waals surface area (Å²) in [7, 11) is 0. The quantitative estimate of drug-likeness (QED) is 0.462. The molecule has 2 nitrogen and oxygen atoms in total. The highest BCUT2D eigenvalue weighted by atomic mass is 16.2. The Morgan fingerprint density at radius 3 is 3.10 bits per heavy atom. The van der Waals surface area contributed by atoms with E-state index in [1.54, 1.807) is 0 Å². The molecule has 0 aromatic rings. The number of hydrogen-bond acceptors (Lipinski definition) is 2. The summed E-state index contributed by atoms with van der Waals surface area (Å²) in [6.07, 6.45) is 2.39. The largest absolute Gasteiger partial charge is 0.384 e. The maximum atomic E-state index is 8.40. The number of piperidine rings is 1. The van der Waals surface area contributed by atoms with Crippen LogP contribution in [0.15, 0.2) is 0 Å². The molecule has 1 heterocycles. The van der Waals surface area contributed by atoms with Gasteiger partial charge in [0.25, 0.3) is 0 Å². The molecule has 56 valence electrons. The maximum absolute atomic E-state index is 8.40. The van der Waals surface area contributed by atoms with Crippen LogP contribution in [0.3, 0.4) is 0 Å². The second-order valence-electron chi connectivity index (χ2n) is 2.52. The van der Waals surface area contributed by atoms with E-state index in [-0.39, 0.29) is 6.61 Å². The molecule has 0 radical (unpaired) electrons. The molecule has 1 rings (SSSR count). The molecule has 10 heavy (non-hydrogen) atoms. The molecule has 1 unspecified atom stereocenters. The van der Waals surface area contributed by atoms with E-state index >= 15 is 0 Å². The molecule has 0 saturated carbocycles. The van der Waals surface area contributed by atoms with Crippen molar-refractivity contribution in [1.29, 1.82) is 0 Å². The van der Waals surface area contributed by atoms with Crippen molar-refractivity contribution in [3.63, 3.8) is 0 Å². The summed E-state index contributed by atoms with van der Waals surface area (Å²) in [5.41, 5.74) is 0. The van der Waals surface area contributed by atoms with Gasteiger partial charge < -0.3 is 10.4 Å². The summed E-state index contributed by atoms with van der Waals surface area (Å²) in [4.78, 5) is 0. The summed E-state index contributed by atoms with van der Waals surface area (Å²) in [5, 5.41) is 11.7. The lowest BCUT2D eigenvalue weighted by Crippen LogP contribution is -2.28. The molecule has 2 N–H and O–H groups in total. The van der Waals surface area contributed by atoms with Gasteiger partial charge in [0.15, 0.2) is 0 Å². The zero-order valence-corrected chi connectivity index (χ0v) is 6.06. The lowest BCUT2D eigenvalue weighted by Gasteiger charge is -2.17. The van der Waals surface area contributed by atoms with Gasteiger partial charge in [0.2, 0.25) is 0 Å². The van der Waals surface area contributed by atoms with Crippen LogP contribution < -0.4 is 5.32 Å². The molecule has 0 aromatic heterocycles. The number of rotatable bonds is 0. The van der Waals surface area contributed by atoms with Gasteiger partial charge in [0, 0.05) is 12.5 Å². The lowest BCUT2D eigenvalue weighted by atomic mass is 10.0. The van der Waals surface area contributed by atoms with Gasteiger partial charge in [-0.3, -0.25) is 0 Å². The molecule has 0 spiro atoms. The Morgan fingerprint density at radius 1 is 1.60 bits per heavy atom. The van der Waals surface area contributed by atoms with Crippen LogP contribution in [0.25, 0.3) is 0 Å². The Hall–Kier alpha value is -0.520. The van der Waals surface area contributed by atoms with E-state index in [4.69, 9.17) is 5.11 Å². The van der Waals surface area contributed by atoms with E-state index in [9.17, 15) is 0 Å². The summed E-state index contributed by atoms with van der Waals surface area (Å²) in [5.74, 6) is 6.17. The Balaban J connectivity index is 2.25. The topological polar surface area (TPSA) is 32.3 Å². The molecule has 0 aliphatic carbocycles. The van der Waals surface area contributed by atoms with Crippen molar-refractivity contribution in [2.24, 2.45) is 5.92 Å². The molecule has 1 aliphatic rings. The first-order valence-corrected chi connectivity index (χ1v) is 3.73. The number of hydrogen-bond donors (Lipinski definition) is 2. The van der Waals surface area contributed by atoms with Crippen LogP contribution in [0.4, 0.5) is 0 Å². The van der Waals surface area contributed by atoms with Crippen molar-refractivity contribution in [3.8, 4) is 11.8 Å². The van der Waals surface area contributed by atoms with Crippen LogP contribution in [0, 0.1) is 17.8 Å². The van der Waals surface area contributed by atoms with E-state index in [2.05, 4.69) is 17.2 Å². The summed E-state index contributed by atoms with van der Waals surface area (Å²) >= 11 is 0. The Kier molecular flexibility index (Phi) is 3.28. The van der Waals surface area contributed by atoms with E-state index < -0.39 is 0 Å². The van der Waals surface area contributed by atoms with Gasteiger partial charge in [0.05, 0.1) is 0 Å². The van der Waals surface area contributed by atoms with Gasteiger partial charge in [-0.15, -0.1) is 0 Å². The minimum atomic E-state index is -0.00347. The number of nitrogens with one attached hydrogen (secondary N) is 1. The Morgan fingerprint density at radius 2 is 2.50 bits per heavy atom. The molecule has 1 aliphatic heterocycles. The molecule has 1 fully saturated rings. The van der Waals surface area contributed by atoms with E-state index in [1.807, 2.05) is 0 Å². The summed E-state index contributed by atoms with van der Waals surface area (Å²) < 4.78 is 0. The fourth-order valence-electron chi connectivity index (χ4n) is 1.16. The first-order valence-electron chi connectivity index (χ1n) is 3.73. The molecule has 2 heteroatoms. The van der Waals surface area contributed by atoms with Crippen molar-refractivity contribution >= 4 is 0 Å². The average molecular weight is 139 g/mol. The van der Waals surface area contributed by atoms with Crippen LogP contribution in [0.2, 0.25) is 0 Å². The third-order valence-corrected chi connectivity index (χ3v) is 1.68. The normalized spacial score (nSPS) is 25.1. The zero-order chi connectivity index (χ0) is 7.23. The summed E-state index contributed by atoms with van der Waals surface area (Å²) in [6.45, 7) is 2.11. The predicted molar refractivity (Wildman–Crippen MR) is 40.5 cm³/mol. The smallest absolute Gasteiger partial charge is 0.104 e. The van der Waals surface area contributed by atoms with E-state index in [0.717, 1.165) is 13.1 Å². The highest BCUT2D eigenvalue weighted by Gasteiger charge is 2.08. The van der Waals surface area contributed by atoms with Gasteiger partial charge in [-0.25, -0.2) is 0 Å². The van der Waals surface area contributed by atoms with Crippen LogP contribution in [-0.2, 0) is 0 Å². The van der Waals surface area contributed by atoms with Crippen LogP contribution in [0.1, 0.15) is 12.8 Å². The van der Waals surface area contributed by atoms with Crippen LogP contribution >= 0.6 is 0 Å². The fourth-order valence-corrected chi connectivity index (χ4v) is 1.16. The van der Waals surface area contributed by atoms with Gasteiger partial charge in [-0.05, 0) is 19.4 Å². The molecular weight excluding hydrogens is 126 g/mol. The van der Waals surface area contributed by atoms with Crippen LogP contribution in [0.5, 0.6) is 0 Å². The highest BCUT2D eigenvalue weighted by molar-refractivity contribution is 5.05. The molecule has 1 atom stereocenters. The maximum Gasteiger partial charge on any atom is 0.104 e. The number of aliphatic hydroxyl groups excluding tert-OH is 1. The zero-order valence-electron chi connectivity index (χ0n) is 6.06. The third kappa shape index (κ3) is 2.38. The third-order valence-electron chi connectivity index (χ3n) is 1.68. The molecular formula is C8H13NO. The average Bonchev–Trinajstić information content (AvgIpc) is 2.03. The predicted octanol–water partition coefficient (Wildman–Crippen LogP) is -0.0183. The second kappa shape index (κ2) is 4.32. The fraction of sp³-hybridized carbons (Fsp3) is 0.750. The van der Waals surface area contributed by atoms with Gasteiger partial charge in [0.1, 0.15) is 6.61 Å². The highest BCUT2D eigenvalue weighted by Crippen LogP contribution is 2.07. The molecule has 0 aromatic carbocycles. The first kappa shape index (κ1) is 7.59. The van der Waals surface area contributed by atoms with E-state index in [0.29, 0.717) is 5.92 Å². The van der Waals surface area contributed by atoms with Crippen molar-refractivity contribution in [2.75, 3.05) is 19.7 Å². The molecule has 1 saturated heterocycles. The van der Waals surface area contributed by atoms with Gasteiger partial charge >= 0.3 is 0 Å². The van der Waals surface area contributed by atoms with Crippen molar-refractivity contribution < 1.29 is 5.11 Å². The standard InChI is InChI=1S/C8H13NO/c10-6-2-4-8-3-1-5-9-7-8/h8-10H,1,3,5-7H2. The number of aliphatic hydroxyl groups is 1. The summed E-state index contributed by atoms with van der Waals surface area (Å²) in [6, 6.07) is 0. The van der Waals surface area contributed by atoms with Crippen molar-refractivity contribution in [1.82, 2.24) is 5.32 Å². The Bertz CT molecular complexity index is 139.